The molecule has 2 aliphatic rings. The first kappa shape index (κ1) is 10.4. The van der Waals surface area contributed by atoms with Crippen LogP contribution in [0.25, 0.3) is 0 Å². The molecule has 0 radical (unpaired) electrons. The molecule has 1 aliphatic heterocycles. The Balaban J connectivity index is 1.89. The van der Waals surface area contributed by atoms with Gasteiger partial charge < -0.3 is 4.90 Å². The number of hydrogen-bond acceptors (Lipinski definition) is 2. The number of piperazine rings is 1. The highest BCUT2D eigenvalue weighted by molar-refractivity contribution is 4.88. The molecule has 0 amide bonds. The third-order valence-electron chi connectivity index (χ3n) is 4.08. The maximum absolute atomic E-state index is 2.73. The van der Waals surface area contributed by atoms with E-state index in [1.54, 1.807) is 0 Å². The second kappa shape index (κ2) is 4.19. The maximum atomic E-state index is 2.73. The number of nitrogens with zero attached hydrogens (tertiary/aromatic N) is 2. The van der Waals surface area contributed by atoms with Crippen LogP contribution in [0.15, 0.2) is 0 Å². The minimum atomic E-state index is 0.888. The lowest BCUT2D eigenvalue weighted by Crippen LogP contribution is -2.49. The van der Waals surface area contributed by atoms with E-state index in [2.05, 4.69) is 30.7 Å². The summed E-state index contributed by atoms with van der Waals surface area (Å²) in [5.74, 6) is 1.88. The van der Waals surface area contributed by atoms with Crippen LogP contribution in [0, 0.1) is 11.8 Å². The van der Waals surface area contributed by atoms with E-state index < -0.39 is 0 Å². The highest BCUT2D eigenvalue weighted by atomic mass is 15.3. The SMILES string of the molecule is CC1CC(C)C(N2CCN(C)CC2)C1. The van der Waals surface area contributed by atoms with E-state index in [1.165, 1.54) is 39.0 Å². The zero-order valence-corrected chi connectivity index (χ0v) is 9.87. The summed E-state index contributed by atoms with van der Waals surface area (Å²) in [5.41, 5.74) is 0. The molecule has 2 heteroatoms. The first-order valence-corrected chi connectivity index (χ1v) is 6.09. The van der Waals surface area contributed by atoms with Gasteiger partial charge in [0.05, 0.1) is 0 Å². The Morgan fingerprint density at radius 2 is 1.57 bits per heavy atom. The van der Waals surface area contributed by atoms with Crippen LogP contribution in [-0.2, 0) is 0 Å². The summed E-state index contributed by atoms with van der Waals surface area (Å²) in [6.45, 7) is 9.95. The van der Waals surface area contributed by atoms with E-state index in [0.29, 0.717) is 0 Å². The Hall–Kier alpha value is -0.0800. The van der Waals surface area contributed by atoms with Crippen molar-refractivity contribution in [2.24, 2.45) is 11.8 Å². The van der Waals surface area contributed by atoms with Gasteiger partial charge in [0.2, 0.25) is 0 Å². The Morgan fingerprint density at radius 1 is 0.929 bits per heavy atom. The van der Waals surface area contributed by atoms with E-state index >= 15 is 0 Å². The minimum absolute atomic E-state index is 0.888. The smallest absolute Gasteiger partial charge is 0.0125 e. The van der Waals surface area contributed by atoms with E-state index in [-0.39, 0.29) is 0 Å². The van der Waals surface area contributed by atoms with Gasteiger partial charge in [0.25, 0.3) is 0 Å². The van der Waals surface area contributed by atoms with Crippen LogP contribution in [0.2, 0.25) is 0 Å². The Morgan fingerprint density at radius 3 is 2.07 bits per heavy atom. The number of hydrogen-bond donors (Lipinski definition) is 0. The highest BCUT2D eigenvalue weighted by Gasteiger charge is 2.33. The summed E-state index contributed by atoms with van der Waals surface area (Å²) < 4.78 is 0. The van der Waals surface area contributed by atoms with Crippen LogP contribution in [0.5, 0.6) is 0 Å². The molecule has 2 rings (SSSR count). The summed E-state index contributed by atoms with van der Waals surface area (Å²) in [6.07, 6.45) is 2.88. The molecule has 82 valence electrons. The normalized spacial score (nSPS) is 41.8. The minimum Gasteiger partial charge on any atom is -0.304 e. The van der Waals surface area contributed by atoms with Crippen molar-refractivity contribution in [2.45, 2.75) is 32.7 Å². The van der Waals surface area contributed by atoms with Gasteiger partial charge in [-0.1, -0.05) is 13.8 Å². The molecule has 0 aromatic carbocycles. The molecule has 3 atom stereocenters. The van der Waals surface area contributed by atoms with Gasteiger partial charge in [-0.3, -0.25) is 4.90 Å². The van der Waals surface area contributed by atoms with Crippen molar-refractivity contribution >= 4 is 0 Å². The van der Waals surface area contributed by atoms with Gasteiger partial charge in [0, 0.05) is 32.2 Å². The van der Waals surface area contributed by atoms with Gasteiger partial charge in [-0.25, -0.2) is 0 Å². The molecule has 2 nitrogen and oxygen atoms in total. The molecule has 0 bridgehead atoms. The average molecular weight is 196 g/mol. The van der Waals surface area contributed by atoms with Crippen molar-refractivity contribution < 1.29 is 0 Å². The molecule has 2 fully saturated rings. The van der Waals surface area contributed by atoms with Crippen molar-refractivity contribution in [2.75, 3.05) is 33.2 Å². The maximum Gasteiger partial charge on any atom is 0.0125 e. The molecule has 3 unspecified atom stereocenters. The third-order valence-corrected chi connectivity index (χ3v) is 4.08. The largest absolute Gasteiger partial charge is 0.304 e. The zero-order valence-electron chi connectivity index (χ0n) is 9.87. The Bertz CT molecular complexity index is 185. The van der Waals surface area contributed by atoms with E-state index in [4.69, 9.17) is 0 Å². The second-order valence-corrected chi connectivity index (χ2v) is 5.46. The summed E-state index contributed by atoms with van der Waals surface area (Å²) in [6, 6.07) is 0.888. The standard InChI is InChI=1S/C12H24N2/c1-10-8-11(2)12(9-10)14-6-4-13(3)5-7-14/h10-12H,4-9H2,1-3H3. The molecule has 14 heavy (non-hydrogen) atoms. The summed E-state index contributed by atoms with van der Waals surface area (Å²) >= 11 is 0. The molecule has 1 saturated carbocycles. The summed E-state index contributed by atoms with van der Waals surface area (Å²) in [7, 11) is 2.23. The van der Waals surface area contributed by atoms with E-state index in [9.17, 15) is 0 Å². The van der Waals surface area contributed by atoms with Crippen molar-refractivity contribution in [3.05, 3.63) is 0 Å². The van der Waals surface area contributed by atoms with E-state index in [0.717, 1.165) is 17.9 Å². The van der Waals surface area contributed by atoms with Crippen LogP contribution in [0.1, 0.15) is 26.7 Å². The molecule has 0 aromatic rings. The lowest BCUT2D eigenvalue weighted by molar-refractivity contribution is 0.0949. The zero-order chi connectivity index (χ0) is 10.1. The monoisotopic (exact) mass is 196 g/mol. The molecular weight excluding hydrogens is 172 g/mol. The van der Waals surface area contributed by atoms with Crippen LogP contribution in [-0.4, -0.2) is 49.1 Å². The third kappa shape index (κ3) is 2.12. The van der Waals surface area contributed by atoms with Gasteiger partial charge in [-0.2, -0.15) is 0 Å². The van der Waals surface area contributed by atoms with Crippen LogP contribution >= 0.6 is 0 Å². The molecular formula is C12H24N2. The first-order valence-electron chi connectivity index (χ1n) is 6.09. The quantitative estimate of drug-likeness (QED) is 0.629. The topological polar surface area (TPSA) is 6.48 Å². The molecule has 1 aliphatic carbocycles. The summed E-state index contributed by atoms with van der Waals surface area (Å²) in [5, 5.41) is 0. The molecule has 0 spiro atoms. The van der Waals surface area contributed by atoms with Crippen LogP contribution in [0.3, 0.4) is 0 Å². The predicted molar refractivity (Wildman–Crippen MR) is 60.4 cm³/mol. The van der Waals surface area contributed by atoms with Gasteiger partial charge in [-0.05, 0) is 31.7 Å². The van der Waals surface area contributed by atoms with Gasteiger partial charge in [0.1, 0.15) is 0 Å². The first-order chi connectivity index (χ1) is 6.66. The molecule has 0 aromatic heterocycles. The Kier molecular flexibility index (Phi) is 3.13. The fraction of sp³-hybridized carbons (Fsp3) is 1.00. The lowest BCUT2D eigenvalue weighted by atomic mass is 10.0. The van der Waals surface area contributed by atoms with Crippen LogP contribution in [0.4, 0.5) is 0 Å². The Labute approximate surface area is 88.3 Å². The van der Waals surface area contributed by atoms with E-state index in [1.807, 2.05) is 0 Å². The van der Waals surface area contributed by atoms with Crippen molar-refractivity contribution in [3.8, 4) is 0 Å². The van der Waals surface area contributed by atoms with Gasteiger partial charge in [-0.15, -0.1) is 0 Å². The predicted octanol–water partition coefficient (Wildman–Crippen LogP) is 1.67. The number of rotatable bonds is 1. The fourth-order valence-electron chi connectivity index (χ4n) is 3.20. The van der Waals surface area contributed by atoms with Crippen LogP contribution < -0.4 is 0 Å². The van der Waals surface area contributed by atoms with Crippen molar-refractivity contribution in [1.82, 2.24) is 9.80 Å². The van der Waals surface area contributed by atoms with Gasteiger partial charge >= 0.3 is 0 Å². The van der Waals surface area contributed by atoms with Crippen molar-refractivity contribution in [1.29, 1.82) is 0 Å². The molecule has 1 heterocycles. The fourth-order valence-corrected chi connectivity index (χ4v) is 3.20. The second-order valence-electron chi connectivity index (χ2n) is 5.46. The summed E-state index contributed by atoms with van der Waals surface area (Å²) in [4.78, 5) is 5.17. The molecule has 0 N–H and O–H groups in total. The number of likely N-dealkylation sites (N-methyl/N-ethyl adjacent to an activating group) is 1. The van der Waals surface area contributed by atoms with Crippen molar-refractivity contribution in [3.63, 3.8) is 0 Å². The molecule has 1 saturated heterocycles. The lowest BCUT2D eigenvalue weighted by Gasteiger charge is -2.38. The highest BCUT2D eigenvalue weighted by Crippen LogP contribution is 2.34. The van der Waals surface area contributed by atoms with Gasteiger partial charge in [0.15, 0.2) is 0 Å². The average Bonchev–Trinajstić information content (AvgIpc) is 2.47.